The third-order valence-corrected chi connectivity index (χ3v) is 3.94. The van der Waals surface area contributed by atoms with Gasteiger partial charge < -0.3 is 0 Å². The summed E-state index contributed by atoms with van der Waals surface area (Å²) in [5.41, 5.74) is 0.131. The molecule has 0 bridgehead atoms. The lowest BCUT2D eigenvalue weighted by Crippen LogP contribution is -3.64. The van der Waals surface area contributed by atoms with E-state index in [0.29, 0.717) is 10.2 Å². The van der Waals surface area contributed by atoms with Crippen LogP contribution in [-0.4, -0.2) is 3.79 Å². The molecule has 0 radical (unpaired) electrons. The van der Waals surface area contributed by atoms with Gasteiger partial charge in [0.05, 0.1) is 6.42 Å². The van der Waals surface area contributed by atoms with Crippen LogP contribution < -0.4 is 21.2 Å². The van der Waals surface area contributed by atoms with Crippen molar-refractivity contribution in [2.45, 2.75) is 27.2 Å². The molecule has 0 atom stereocenters. The summed E-state index contributed by atoms with van der Waals surface area (Å²) >= 11 is -0.441. The summed E-state index contributed by atoms with van der Waals surface area (Å²) in [6.07, 6.45) is 0.704. The van der Waals surface area contributed by atoms with Gasteiger partial charge in [-0.05, 0) is 17.5 Å². The van der Waals surface area contributed by atoms with E-state index in [1.807, 2.05) is 30.3 Å². The Morgan fingerprint density at radius 1 is 1.21 bits per heavy atom. The normalized spacial score (nSPS) is 11.4. The van der Waals surface area contributed by atoms with Gasteiger partial charge in [-0.2, -0.15) is 0 Å². The molecular weight excluding hydrogens is 287 g/mol. The van der Waals surface area contributed by atoms with Gasteiger partial charge in [-0.15, -0.1) is 0 Å². The Morgan fingerprint density at radius 2 is 1.79 bits per heavy atom. The molecule has 2 heteroatoms. The summed E-state index contributed by atoms with van der Waals surface area (Å²) in [6, 6.07) is 10.1. The van der Waals surface area contributed by atoms with Crippen LogP contribution in [0.5, 0.6) is 0 Å². The number of benzene rings is 1. The molecule has 0 saturated heterocycles. The molecule has 1 aromatic rings. The van der Waals surface area contributed by atoms with Crippen LogP contribution in [-0.2, 0) is 4.79 Å². The van der Waals surface area contributed by atoms with Crippen LogP contribution in [0.15, 0.2) is 30.3 Å². The Hall–Kier alpha value is -0.380. The largest absolute Gasteiger partial charge is 0.399 e. The third-order valence-electron chi connectivity index (χ3n) is 1.62. The minimum Gasteiger partial charge on any atom is -0.240 e. The fourth-order valence-electron chi connectivity index (χ4n) is 1.05. The fraction of sp³-hybridized carbons (Fsp3) is 0.417. The second kappa shape index (κ2) is 4.91. The quantitative estimate of drug-likeness (QED) is 0.563. The lowest BCUT2D eigenvalue weighted by molar-refractivity contribution is -0.540. The highest BCUT2D eigenvalue weighted by atomic mass is 127. The van der Waals surface area contributed by atoms with Crippen molar-refractivity contribution in [3.8, 4) is 0 Å². The number of rotatable bonds is 3. The molecule has 76 valence electrons. The molecule has 0 saturated carbocycles. The molecule has 1 rings (SSSR count). The summed E-state index contributed by atoms with van der Waals surface area (Å²) in [6.45, 7) is 6.33. The lowest BCUT2D eigenvalue weighted by atomic mass is 9.93. The number of halogens is 1. The molecule has 0 unspecified atom stereocenters. The second-order valence-corrected chi connectivity index (χ2v) is 7.47. The van der Waals surface area contributed by atoms with Gasteiger partial charge >= 0.3 is 25.0 Å². The first-order valence-corrected chi connectivity index (χ1v) is 6.86. The van der Waals surface area contributed by atoms with Gasteiger partial charge in [0.2, 0.25) is 0 Å². The molecule has 0 amide bonds. The molecule has 0 N–H and O–H groups in total. The first-order valence-electron chi connectivity index (χ1n) is 4.70. The van der Waals surface area contributed by atoms with Crippen LogP contribution in [0, 0.1) is 8.99 Å². The smallest absolute Gasteiger partial charge is 0.240 e. The van der Waals surface area contributed by atoms with E-state index in [2.05, 4.69) is 20.8 Å². The van der Waals surface area contributed by atoms with Crippen molar-refractivity contribution >= 4 is 3.79 Å². The zero-order valence-electron chi connectivity index (χ0n) is 8.88. The highest BCUT2D eigenvalue weighted by Gasteiger charge is 2.28. The van der Waals surface area contributed by atoms with Crippen LogP contribution >= 0.6 is 0 Å². The minimum atomic E-state index is -0.441. The van der Waals surface area contributed by atoms with Gasteiger partial charge in [0.15, 0.2) is 3.57 Å². The minimum absolute atomic E-state index is 0.131. The maximum Gasteiger partial charge on any atom is 0.399 e. The predicted molar refractivity (Wildman–Crippen MR) is 54.2 cm³/mol. The Morgan fingerprint density at radius 3 is 2.29 bits per heavy atom. The highest BCUT2D eigenvalue weighted by molar-refractivity contribution is 5.66. The SMILES string of the molecule is CC(C)(C)CC(=O)[I+]c1ccccc1. The summed E-state index contributed by atoms with van der Waals surface area (Å²) in [5.74, 6) is 0. The van der Waals surface area contributed by atoms with E-state index >= 15 is 0 Å². The Labute approximate surface area is 96.2 Å². The molecule has 0 aromatic heterocycles. The molecule has 0 fully saturated rings. The van der Waals surface area contributed by atoms with Gasteiger partial charge in [0, 0.05) is 0 Å². The molecule has 1 aromatic carbocycles. The van der Waals surface area contributed by atoms with Crippen LogP contribution in [0.2, 0.25) is 0 Å². The average molecular weight is 303 g/mol. The molecule has 1 nitrogen and oxygen atoms in total. The third kappa shape index (κ3) is 4.74. The molecule has 0 spiro atoms. The maximum atomic E-state index is 11.7. The second-order valence-electron chi connectivity index (χ2n) is 4.48. The maximum absolute atomic E-state index is 11.7. The van der Waals surface area contributed by atoms with E-state index in [-0.39, 0.29) is 5.41 Å². The molecule has 14 heavy (non-hydrogen) atoms. The van der Waals surface area contributed by atoms with Crippen molar-refractivity contribution in [3.63, 3.8) is 0 Å². The lowest BCUT2D eigenvalue weighted by Gasteiger charge is -2.12. The van der Waals surface area contributed by atoms with Gasteiger partial charge in [0.25, 0.3) is 0 Å². The fourth-order valence-corrected chi connectivity index (χ4v) is 3.85. The molecular formula is C12H16IO+. The van der Waals surface area contributed by atoms with E-state index in [1.165, 1.54) is 3.57 Å². The van der Waals surface area contributed by atoms with Crippen LogP contribution in [0.4, 0.5) is 0 Å². The summed E-state index contributed by atoms with van der Waals surface area (Å²) in [4.78, 5) is 11.7. The van der Waals surface area contributed by atoms with Crippen molar-refractivity contribution in [2.24, 2.45) is 5.41 Å². The van der Waals surface area contributed by atoms with Crippen molar-refractivity contribution in [2.75, 3.05) is 0 Å². The highest BCUT2D eigenvalue weighted by Crippen LogP contribution is 2.16. The van der Waals surface area contributed by atoms with Crippen LogP contribution in [0.1, 0.15) is 27.2 Å². The Bertz CT molecular complexity index is 298. The first-order chi connectivity index (χ1) is 6.47. The standard InChI is InChI=1S/C12H16IO/c1-12(2,3)9-11(14)13-10-7-5-4-6-8-10/h4-8H,9H2,1-3H3/q+1. The van der Waals surface area contributed by atoms with Gasteiger partial charge in [-0.25, -0.2) is 4.79 Å². The summed E-state index contributed by atoms with van der Waals surface area (Å²) < 4.78 is 1.66. The van der Waals surface area contributed by atoms with Crippen molar-refractivity contribution < 1.29 is 26.0 Å². The summed E-state index contributed by atoms with van der Waals surface area (Å²) in [5, 5.41) is 0. The zero-order valence-corrected chi connectivity index (χ0v) is 11.0. The number of carbonyl (C=O) groups excluding carboxylic acids is 1. The topological polar surface area (TPSA) is 17.1 Å². The average Bonchev–Trinajstić information content (AvgIpc) is 2.02. The van der Waals surface area contributed by atoms with Crippen LogP contribution in [0.25, 0.3) is 0 Å². The van der Waals surface area contributed by atoms with E-state index in [1.54, 1.807) is 0 Å². The molecule has 0 aliphatic rings. The number of carbonyl (C=O) groups is 1. The van der Waals surface area contributed by atoms with E-state index in [9.17, 15) is 4.79 Å². The number of hydrogen-bond acceptors (Lipinski definition) is 1. The predicted octanol–water partition coefficient (Wildman–Crippen LogP) is -0.0920. The summed E-state index contributed by atoms with van der Waals surface area (Å²) in [7, 11) is 0. The molecule has 0 aliphatic carbocycles. The van der Waals surface area contributed by atoms with E-state index < -0.39 is 21.2 Å². The molecule has 0 aliphatic heterocycles. The van der Waals surface area contributed by atoms with Crippen molar-refractivity contribution in [3.05, 3.63) is 33.9 Å². The number of hydrogen-bond donors (Lipinski definition) is 0. The van der Waals surface area contributed by atoms with Gasteiger partial charge in [-0.3, -0.25) is 0 Å². The molecule has 0 heterocycles. The Balaban J connectivity index is 2.50. The van der Waals surface area contributed by atoms with Crippen molar-refractivity contribution in [1.82, 2.24) is 0 Å². The van der Waals surface area contributed by atoms with E-state index in [4.69, 9.17) is 0 Å². The Kier molecular flexibility index (Phi) is 4.11. The van der Waals surface area contributed by atoms with Gasteiger partial charge in [-0.1, -0.05) is 39.0 Å². The monoisotopic (exact) mass is 303 g/mol. The van der Waals surface area contributed by atoms with Crippen molar-refractivity contribution in [1.29, 1.82) is 0 Å². The van der Waals surface area contributed by atoms with Crippen LogP contribution in [0.3, 0.4) is 0 Å². The first kappa shape index (κ1) is 11.7. The van der Waals surface area contributed by atoms with E-state index in [0.717, 1.165) is 0 Å². The zero-order chi connectivity index (χ0) is 10.6. The van der Waals surface area contributed by atoms with Gasteiger partial charge in [0.1, 0.15) is 0 Å².